The number of ether oxygens (including phenoxy) is 1. The molecule has 1 atom stereocenters. The minimum atomic E-state index is -0.0389. The summed E-state index contributed by atoms with van der Waals surface area (Å²) in [5.74, 6) is 0.582. The lowest BCUT2D eigenvalue weighted by Gasteiger charge is -2.25. The molecule has 0 spiro atoms. The van der Waals surface area contributed by atoms with Crippen molar-refractivity contribution in [3.63, 3.8) is 0 Å². The number of rotatable bonds is 6. The number of hydrogen-bond acceptors (Lipinski definition) is 4. The van der Waals surface area contributed by atoms with Crippen molar-refractivity contribution in [3.05, 3.63) is 52.8 Å². The maximum Gasteiger partial charge on any atom is 0.268 e. The largest absolute Gasteiger partial charge is 0.381 e. The molecule has 0 radical (unpaired) electrons. The van der Waals surface area contributed by atoms with Crippen molar-refractivity contribution >= 4 is 0 Å². The Kier molecular flexibility index (Phi) is 4.45. The summed E-state index contributed by atoms with van der Waals surface area (Å²) in [6, 6.07) is 14.0. The van der Waals surface area contributed by atoms with Crippen LogP contribution in [0.2, 0.25) is 0 Å². The van der Waals surface area contributed by atoms with Crippen LogP contribution in [0.4, 0.5) is 0 Å². The average Bonchev–Trinajstić information content (AvgIpc) is 3.34. The molecule has 1 saturated carbocycles. The molecule has 1 saturated heterocycles. The lowest BCUT2D eigenvalue weighted by molar-refractivity contribution is 0.140. The van der Waals surface area contributed by atoms with Gasteiger partial charge in [-0.25, -0.2) is 4.68 Å². The van der Waals surface area contributed by atoms with E-state index in [1.54, 1.807) is 16.8 Å². The normalized spacial score (nSPS) is 20.6. The van der Waals surface area contributed by atoms with Gasteiger partial charge in [-0.15, -0.1) is 0 Å². The lowest BCUT2D eigenvalue weighted by atomic mass is 10.1. The third kappa shape index (κ3) is 3.57. The van der Waals surface area contributed by atoms with Crippen molar-refractivity contribution in [3.8, 4) is 11.3 Å². The predicted octanol–water partition coefficient (Wildman–Crippen LogP) is 2.37. The van der Waals surface area contributed by atoms with E-state index in [4.69, 9.17) is 4.74 Å². The summed E-state index contributed by atoms with van der Waals surface area (Å²) >= 11 is 0. The minimum Gasteiger partial charge on any atom is -0.381 e. The molecule has 0 amide bonds. The molecule has 4 rings (SSSR count). The molecular formula is C19H23N3O2. The Hall–Kier alpha value is -1.98. The second kappa shape index (κ2) is 6.87. The summed E-state index contributed by atoms with van der Waals surface area (Å²) in [6.45, 7) is 3.27. The molecule has 2 aromatic rings. The monoisotopic (exact) mass is 325 g/mol. The second-order valence-corrected chi connectivity index (χ2v) is 6.80. The van der Waals surface area contributed by atoms with Crippen molar-refractivity contribution in [2.24, 2.45) is 5.92 Å². The summed E-state index contributed by atoms with van der Waals surface area (Å²) < 4.78 is 7.11. The van der Waals surface area contributed by atoms with Crippen LogP contribution >= 0.6 is 0 Å². The SMILES string of the molecule is O=c1ccc(-c2ccccc2)nn1CN(C[C@@H]1CCOC1)C1CC1. The number of benzene rings is 1. The van der Waals surface area contributed by atoms with E-state index in [9.17, 15) is 4.79 Å². The van der Waals surface area contributed by atoms with E-state index in [1.165, 1.54) is 12.8 Å². The molecule has 126 valence electrons. The standard InChI is InChI=1S/C19H23N3O2/c23-19-9-8-18(16-4-2-1-3-5-16)20-22(19)14-21(17-6-7-17)12-15-10-11-24-13-15/h1-5,8-9,15,17H,6-7,10-14H2/t15-/m0/s1. The van der Waals surface area contributed by atoms with Crippen molar-refractivity contribution < 1.29 is 4.74 Å². The van der Waals surface area contributed by atoms with Crippen LogP contribution in [-0.4, -0.2) is 40.5 Å². The Morgan fingerprint density at radius 2 is 1.96 bits per heavy atom. The summed E-state index contributed by atoms with van der Waals surface area (Å²) in [4.78, 5) is 14.7. The molecule has 5 nitrogen and oxygen atoms in total. The van der Waals surface area contributed by atoms with E-state index in [-0.39, 0.29) is 5.56 Å². The van der Waals surface area contributed by atoms with Gasteiger partial charge < -0.3 is 4.74 Å². The van der Waals surface area contributed by atoms with E-state index in [2.05, 4.69) is 10.00 Å². The van der Waals surface area contributed by atoms with Gasteiger partial charge in [-0.1, -0.05) is 30.3 Å². The molecule has 0 N–H and O–H groups in total. The number of hydrogen-bond donors (Lipinski definition) is 0. The number of aromatic nitrogens is 2. The van der Waals surface area contributed by atoms with Gasteiger partial charge in [0.25, 0.3) is 5.56 Å². The van der Waals surface area contributed by atoms with Crippen LogP contribution in [0, 0.1) is 5.92 Å². The van der Waals surface area contributed by atoms with Gasteiger partial charge in [0.1, 0.15) is 0 Å². The fraction of sp³-hybridized carbons (Fsp3) is 0.474. The first-order chi connectivity index (χ1) is 11.8. The van der Waals surface area contributed by atoms with Crippen molar-refractivity contribution in [2.45, 2.75) is 32.0 Å². The van der Waals surface area contributed by atoms with Crippen LogP contribution in [0.15, 0.2) is 47.3 Å². The molecule has 1 aromatic heterocycles. The van der Waals surface area contributed by atoms with Gasteiger partial charge >= 0.3 is 0 Å². The number of nitrogens with zero attached hydrogens (tertiary/aromatic N) is 3. The Bertz CT molecular complexity index is 734. The Balaban J connectivity index is 1.54. The summed E-state index contributed by atoms with van der Waals surface area (Å²) in [5, 5.41) is 4.60. The van der Waals surface area contributed by atoms with E-state index < -0.39 is 0 Å². The first-order valence-corrected chi connectivity index (χ1v) is 8.75. The zero-order valence-corrected chi connectivity index (χ0v) is 13.8. The van der Waals surface area contributed by atoms with Crippen LogP contribution in [-0.2, 0) is 11.4 Å². The molecule has 5 heteroatoms. The van der Waals surface area contributed by atoms with E-state index >= 15 is 0 Å². The molecule has 0 bridgehead atoms. The van der Waals surface area contributed by atoms with Crippen molar-refractivity contribution in [1.29, 1.82) is 0 Å². The molecule has 2 heterocycles. The highest BCUT2D eigenvalue weighted by Gasteiger charge is 2.32. The van der Waals surface area contributed by atoms with E-state index in [0.717, 1.165) is 37.4 Å². The van der Waals surface area contributed by atoms with Gasteiger partial charge in [0.15, 0.2) is 0 Å². The highest BCUT2D eigenvalue weighted by atomic mass is 16.5. The van der Waals surface area contributed by atoms with Crippen LogP contribution in [0.1, 0.15) is 19.3 Å². The molecule has 2 fully saturated rings. The van der Waals surface area contributed by atoms with Crippen LogP contribution < -0.4 is 5.56 Å². The quantitative estimate of drug-likeness (QED) is 0.818. The predicted molar refractivity (Wildman–Crippen MR) is 92.6 cm³/mol. The summed E-state index contributed by atoms with van der Waals surface area (Å²) in [5.41, 5.74) is 1.84. The second-order valence-electron chi connectivity index (χ2n) is 6.80. The molecule has 2 aliphatic rings. The minimum absolute atomic E-state index is 0.0389. The maximum atomic E-state index is 12.3. The molecule has 0 unspecified atom stereocenters. The molecular weight excluding hydrogens is 302 g/mol. The van der Waals surface area contributed by atoms with E-state index in [1.807, 2.05) is 30.3 Å². The molecule has 1 aliphatic carbocycles. The highest BCUT2D eigenvalue weighted by Crippen LogP contribution is 2.29. The maximum absolute atomic E-state index is 12.3. The zero-order valence-electron chi connectivity index (χ0n) is 13.8. The van der Waals surface area contributed by atoms with Crippen LogP contribution in [0.5, 0.6) is 0 Å². The molecule has 1 aromatic carbocycles. The first-order valence-electron chi connectivity index (χ1n) is 8.75. The average molecular weight is 325 g/mol. The Morgan fingerprint density at radius 1 is 1.12 bits per heavy atom. The zero-order chi connectivity index (χ0) is 16.4. The topological polar surface area (TPSA) is 47.4 Å². The first kappa shape index (κ1) is 15.5. The summed E-state index contributed by atoms with van der Waals surface area (Å²) in [6.07, 6.45) is 3.57. The van der Waals surface area contributed by atoms with Gasteiger partial charge in [0.2, 0.25) is 0 Å². The molecule has 1 aliphatic heterocycles. The van der Waals surface area contributed by atoms with Gasteiger partial charge in [-0.2, -0.15) is 5.10 Å². The third-order valence-electron chi connectivity index (χ3n) is 4.83. The van der Waals surface area contributed by atoms with Crippen molar-refractivity contribution in [2.75, 3.05) is 19.8 Å². The summed E-state index contributed by atoms with van der Waals surface area (Å²) in [7, 11) is 0. The van der Waals surface area contributed by atoms with E-state index in [0.29, 0.717) is 18.6 Å². The van der Waals surface area contributed by atoms with Gasteiger partial charge in [0.05, 0.1) is 19.0 Å². The van der Waals surface area contributed by atoms with Gasteiger partial charge in [-0.05, 0) is 31.2 Å². The van der Waals surface area contributed by atoms with Crippen molar-refractivity contribution in [1.82, 2.24) is 14.7 Å². The smallest absolute Gasteiger partial charge is 0.268 e. The van der Waals surface area contributed by atoms with Crippen LogP contribution in [0.3, 0.4) is 0 Å². The van der Waals surface area contributed by atoms with Gasteiger partial charge in [-0.3, -0.25) is 9.69 Å². The van der Waals surface area contributed by atoms with Crippen LogP contribution in [0.25, 0.3) is 11.3 Å². The Labute approximate surface area is 141 Å². The Morgan fingerprint density at radius 3 is 2.67 bits per heavy atom. The third-order valence-corrected chi connectivity index (χ3v) is 4.83. The fourth-order valence-corrected chi connectivity index (χ4v) is 3.31. The molecule has 24 heavy (non-hydrogen) atoms. The van der Waals surface area contributed by atoms with Gasteiger partial charge in [0, 0.05) is 30.8 Å². The lowest BCUT2D eigenvalue weighted by Crippen LogP contribution is -2.38. The highest BCUT2D eigenvalue weighted by molar-refractivity contribution is 5.57. The fourth-order valence-electron chi connectivity index (χ4n) is 3.31.